The lowest BCUT2D eigenvalue weighted by Crippen LogP contribution is -2.00. The molecule has 0 fully saturated rings. The fourth-order valence-electron chi connectivity index (χ4n) is 2.21. The van der Waals surface area contributed by atoms with Crippen molar-refractivity contribution in [3.63, 3.8) is 0 Å². The van der Waals surface area contributed by atoms with Crippen LogP contribution in [-0.2, 0) is 4.74 Å². The molecule has 0 spiro atoms. The summed E-state index contributed by atoms with van der Waals surface area (Å²) in [7, 11) is 1.42. The van der Waals surface area contributed by atoms with Crippen molar-refractivity contribution >= 4 is 5.97 Å². The average Bonchev–Trinajstić information content (AvgIpc) is 2.55. The number of hydrogen-bond acceptors (Lipinski definition) is 2. The fourth-order valence-corrected chi connectivity index (χ4v) is 2.21. The summed E-state index contributed by atoms with van der Waals surface area (Å²) in [6.07, 6.45) is 0. The lowest BCUT2D eigenvalue weighted by molar-refractivity contribution is 0.0602. The van der Waals surface area contributed by atoms with Crippen LogP contribution in [-0.4, -0.2) is 13.1 Å². The van der Waals surface area contributed by atoms with E-state index in [1.54, 1.807) is 0 Å². The van der Waals surface area contributed by atoms with Gasteiger partial charge in [0.25, 0.3) is 0 Å². The lowest BCUT2D eigenvalue weighted by Gasteiger charge is -2.04. The molecule has 0 radical (unpaired) electrons. The van der Waals surface area contributed by atoms with Gasteiger partial charge in [0, 0.05) is 0 Å². The van der Waals surface area contributed by atoms with E-state index < -0.39 is 0 Å². The maximum atomic E-state index is 11.8. The van der Waals surface area contributed by atoms with Crippen molar-refractivity contribution in [2.24, 2.45) is 0 Å². The van der Waals surface area contributed by atoms with Crippen LogP contribution in [0.2, 0.25) is 0 Å². The van der Waals surface area contributed by atoms with Crippen LogP contribution in [0, 0.1) is 6.92 Å². The summed E-state index contributed by atoms with van der Waals surface area (Å²) in [5.41, 5.74) is 5.08. The zero-order valence-electron chi connectivity index (χ0n) is 11.3. The van der Waals surface area contributed by atoms with E-state index in [4.69, 9.17) is 4.74 Å². The van der Waals surface area contributed by atoms with E-state index in [2.05, 4.69) is 32.0 Å². The molecule has 0 aromatic carbocycles. The second-order valence-electron chi connectivity index (χ2n) is 4.88. The van der Waals surface area contributed by atoms with E-state index in [9.17, 15) is 4.79 Å². The molecule has 0 heterocycles. The Morgan fingerprint density at radius 2 is 1.89 bits per heavy atom. The van der Waals surface area contributed by atoms with Gasteiger partial charge in [-0.3, -0.25) is 0 Å². The van der Waals surface area contributed by atoms with Gasteiger partial charge in [0.1, 0.15) is 0 Å². The number of rotatable bonds is 2. The number of methoxy groups -OCH3 is 1. The van der Waals surface area contributed by atoms with Crippen LogP contribution in [0.3, 0.4) is 0 Å². The van der Waals surface area contributed by atoms with Gasteiger partial charge in [-0.1, -0.05) is 38.1 Å². The molecule has 2 aliphatic rings. The zero-order chi connectivity index (χ0) is 13.3. The second-order valence-corrected chi connectivity index (χ2v) is 4.88. The van der Waals surface area contributed by atoms with Crippen LogP contribution in [0.5, 0.6) is 0 Å². The van der Waals surface area contributed by atoms with Crippen LogP contribution < -0.4 is 0 Å². The van der Waals surface area contributed by atoms with Crippen LogP contribution in [0.15, 0.2) is 30.3 Å². The van der Waals surface area contributed by atoms with E-state index in [0.717, 1.165) is 16.7 Å². The van der Waals surface area contributed by atoms with Gasteiger partial charge in [0.2, 0.25) is 0 Å². The molecule has 0 saturated carbocycles. The lowest BCUT2D eigenvalue weighted by atomic mass is 10.0. The maximum absolute atomic E-state index is 11.8. The number of aryl methyl sites for hydroxylation is 1. The van der Waals surface area contributed by atoms with Crippen LogP contribution >= 0.6 is 0 Å². The van der Waals surface area contributed by atoms with Gasteiger partial charge in [0.15, 0.2) is 0 Å². The first-order valence-corrected chi connectivity index (χ1v) is 6.16. The Kier molecular flexibility index (Phi) is 3.37. The van der Waals surface area contributed by atoms with E-state index in [-0.39, 0.29) is 5.97 Å². The zero-order valence-corrected chi connectivity index (χ0v) is 11.3. The predicted molar refractivity (Wildman–Crippen MR) is 73.2 cm³/mol. The number of carbonyl (C=O) groups is 1. The molecule has 0 saturated heterocycles. The highest BCUT2D eigenvalue weighted by Gasteiger charge is 2.19. The van der Waals surface area contributed by atoms with Gasteiger partial charge < -0.3 is 4.74 Å². The van der Waals surface area contributed by atoms with Crippen molar-refractivity contribution < 1.29 is 9.53 Å². The summed E-state index contributed by atoms with van der Waals surface area (Å²) >= 11 is 0. The molecule has 0 bridgehead atoms. The first-order chi connectivity index (χ1) is 8.54. The highest BCUT2D eigenvalue weighted by Crippen LogP contribution is 2.33. The number of hydrogen-bond donors (Lipinski definition) is 0. The van der Waals surface area contributed by atoms with Gasteiger partial charge >= 0.3 is 5.97 Å². The first kappa shape index (κ1) is 12.6. The highest BCUT2D eigenvalue weighted by molar-refractivity contribution is 6.00. The number of esters is 1. The van der Waals surface area contributed by atoms with Crippen molar-refractivity contribution in [2.75, 3.05) is 7.11 Å². The molecule has 0 aliphatic heterocycles. The van der Waals surface area contributed by atoms with Crippen LogP contribution in [0.4, 0.5) is 0 Å². The largest absolute Gasteiger partial charge is 0.465 e. The standard InChI is InChI=1S/C16H18O2/c1-10(2)12-6-5-7-13-11(3)8-15(14(13)9-12)16(17)18-4/h5-10H,1-4H3. The summed E-state index contributed by atoms with van der Waals surface area (Å²) < 4.78 is 4.85. The normalized spacial score (nSPS) is 10.9. The Morgan fingerprint density at radius 1 is 1.17 bits per heavy atom. The Balaban J connectivity index is 2.68. The SMILES string of the molecule is COC(=O)c1cc(C)c2cccc(C(C)C)cc1-2. The average molecular weight is 242 g/mol. The van der Waals surface area contributed by atoms with Crippen molar-refractivity contribution in [1.29, 1.82) is 0 Å². The Hall–Kier alpha value is -1.83. The van der Waals surface area contributed by atoms with Crippen molar-refractivity contribution in [2.45, 2.75) is 26.7 Å². The summed E-state index contributed by atoms with van der Waals surface area (Å²) in [5.74, 6) is 0.162. The Morgan fingerprint density at radius 3 is 2.50 bits per heavy atom. The van der Waals surface area contributed by atoms with Crippen LogP contribution in [0.25, 0.3) is 11.1 Å². The summed E-state index contributed by atoms with van der Waals surface area (Å²) in [5, 5.41) is 0. The summed E-state index contributed by atoms with van der Waals surface area (Å²) in [6.45, 7) is 6.31. The molecule has 2 nitrogen and oxygen atoms in total. The Bertz CT molecular complexity index is 555. The second kappa shape index (κ2) is 4.81. The molecule has 94 valence electrons. The third-order valence-corrected chi connectivity index (χ3v) is 3.30. The number of carbonyl (C=O) groups excluding carboxylic acids is 1. The minimum atomic E-state index is -0.269. The van der Waals surface area contributed by atoms with Crippen molar-refractivity contribution in [3.05, 3.63) is 47.0 Å². The minimum Gasteiger partial charge on any atom is -0.465 e. The first-order valence-electron chi connectivity index (χ1n) is 6.16. The molecule has 2 heteroatoms. The third-order valence-electron chi connectivity index (χ3n) is 3.30. The van der Waals surface area contributed by atoms with Crippen molar-refractivity contribution in [1.82, 2.24) is 0 Å². The van der Waals surface area contributed by atoms with Gasteiger partial charge in [-0.15, -0.1) is 0 Å². The molecule has 18 heavy (non-hydrogen) atoms. The van der Waals surface area contributed by atoms with Gasteiger partial charge in [-0.25, -0.2) is 4.79 Å². The monoisotopic (exact) mass is 242 g/mol. The minimum absolute atomic E-state index is 0.269. The molecule has 0 N–H and O–H groups in total. The van der Waals surface area contributed by atoms with E-state index in [1.165, 1.54) is 12.7 Å². The van der Waals surface area contributed by atoms with Crippen molar-refractivity contribution in [3.8, 4) is 11.1 Å². The molecule has 2 aliphatic carbocycles. The highest BCUT2D eigenvalue weighted by atomic mass is 16.5. The molecule has 0 aromatic rings. The molecule has 0 aromatic heterocycles. The van der Waals surface area contributed by atoms with Gasteiger partial charge in [0.05, 0.1) is 12.7 Å². The molecular formula is C16H18O2. The smallest absolute Gasteiger partial charge is 0.338 e. The molecule has 0 amide bonds. The predicted octanol–water partition coefficient (Wildman–Crippen LogP) is 4.01. The van der Waals surface area contributed by atoms with E-state index in [1.807, 2.05) is 19.1 Å². The van der Waals surface area contributed by atoms with Gasteiger partial charge in [-0.05, 0) is 41.2 Å². The summed E-state index contributed by atoms with van der Waals surface area (Å²) in [4.78, 5) is 11.8. The van der Waals surface area contributed by atoms with E-state index in [0.29, 0.717) is 11.5 Å². The fraction of sp³-hybridized carbons (Fsp3) is 0.312. The third kappa shape index (κ3) is 2.10. The number of ether oxygens (including phenoxy) is 1. The molecule has 0 atom stereocenters. The quantitative estimate of drug-likeness (QED) is 0.744. The summed E-state index contributed by atoms with van der Waals surface area (Å²) in [6, 6.07) is 10.2. The topological polar surface area (TPSA) is 26.3 Å². The Labute approximate surface area is 108 Å². The molecular weight excluding hydrogens is 224 g/mol. The molecule has 0 unspecified atom stereocenters. The number of fused-ring (bicyclic) bond motifs is 1. The molecule has 2 rings (SSSR count). The van der Waals surface area contributed by atoms with Crippen LogP contribution in [0.1, 0.15) is 41.3 Å². The maximum Gasteiger partial charge on any atom is 0.338 e. The van der Waals surface area contributed by atoms with Gasteiger partial charge in [-0.2, -0.15) is 0 Å². The van der Waals surface area contributed by atoms with E-state index >= 15 is 0 Å².